The zero-order chi connectivity index (χ0) is 23.8. The van der Waals surface area contributed by atoms with E-state index in [0.29, 0.717) is 33.5 Å². The maximum absolute atomic E-state index is 13.1. The highest BCUT2D eigenvalue weighted by Gasteiger charge is 2.20. The molecular weight excluding hydrogens is 470 g/mol. The Bertz CT molecular complexity index is 1530. The number of rotatable bonds is 6. The minimum Gasteiger partial charge on any atom is -0.459 e. The molecule has 0 aliphatic rings. The molecule has 0 bridgehead atoms. The zero-order valence-corrected chi connectivity index (χ0v) is 18.3. The Balaban J connectivity index is 1.73. The van der Waals surface area contributed by atoms with Crippen LogP contribution in [0.3, 0.4) is 0 Å². The second-order valence-electron chi connectivity index (χ2n) is 7.17. The van der Waals surface area contributed by atoms with Gasteiger partial charge in [-0.3, -0.25) is 9.78 Å². The number of benzene rings is 1. The number of nitrogens with zero attached hydrogens (tertiary/aromatic N) is 6. The average molecular weight is 485 g/mol. The fraction of sp³-hybridized carbons (Fsp3) is 0.136. The molecule has 0 aliphatic carbocycles. The predicted molar refractivity (Wildman–Crippen MR) is 118 cm³/mol. The van der Waals surface area contributed by atoms with Crippen molar-refractivity contribution in [1.29, 1.82) is 0 Å². The van der Waals surface area contributed by atoms with Crippen LogP contribution in [-0.2, 0) is 16.1 Å². The first kappa shape index (κ1) is 21.7. The molecule has 0 aliphatic heterocycles. The number of fused-ring (bicyclic) bond motifs is 2. The molecule has 5 aromatic rings. The van der Waals surface area contributed by atoms with Crippen LogP contribution in [0.15, 0.2) is 55.1 Å². The third-order valence-electron chi connectivity index (χ3n) is 4.96. The Hall–Kier alpha value is -4.12. The van der Waals surface area contributed by atoms with E-state index in [1.165, 1.54) is 29.8 Å². The molecule has 5 rings (SSSR count). The molecule has 0 saturated carbocycles. The zero-order valence-electron chi connectivity index (χ0n) is 17.5. The van der Waals surface area contributed by atoms with Crippen LogP contribution in [0.1, 0.15) is 12.6 Å². The van der Waals surface area contributed by atoms with Gasteiger partial charge < -0.3 is 9.47 Å². The second kappa shape index (κ2) is 8.67. The Morgan fingerprint density at radius 3 is 2.85 bits per heavy atom. The van der Waals surface area contributed by atoms with Crippen LogP contribution in [0.25, 0.3) is 33.5 Å². The van der Waals surface area contributed by atoms with Crippen LogP contribution < -0.4 is 4.74 Å². The van der Waals surface area contributed by atoms with E-state index in [-0.39, 0.29) is 23.1 Å². The number of alkyl halides is 2. The van der Waals surface area contributed by atoms with Crippen LogP contribution in [-0.4, -0.2) is 41.9 Å². The molecule has 0 atom stereocenters. The summed E-state index contributed by atoms with van der Waals surface area (Å²) in [5.41, 5.74) is 3.36. The molecule has 12 heteroatoms. The summed E-state index contributed by atoms with van der Waals surface area (Å²) in [4.78, 5) is 20.3. The van der Waals surface area contributed by atoms with Gasteiger partial charge in [0.2, 0.25) is 0 Å². The molecule has 4 aromatic heterocycles. The highest BCUT2D eigenvalue weighted by Crippen LogP contribution is 2.33. The summed E-state index contributed by atoms with van der Waals surface area (Å²) in [6.07, 6.45) is 6.68. The van der Waals surface area contributed by atoms with Crippen molar-refractivity contribution in [3.63, 3.8) is 0 Å². The van der Waals surface area contributed by atoms with Crippen molar-refractivity contribution in [3.05, 3.63) is 65.8 Å². The second-order valence-corrected chi connectivity index (χ2v) is 7.60. The summed E-state index contributed by atoms with van der Waals surface area (Å²) in [5, 5.41) is 9.07. The molecule has 0 radical (unpaired) electrons. The van der Waals surface area contributed by atoms with E-state index >= 15 is 0 Å². The van der Waals surface area contributed by atoms with E-state index < -0.39 is 12.6 Å². The molecule has 0 spiro atoms. The van der Waals surface area contributed by atoms with Crippen molar-refractivity contribution in [2.75, 3.05) is 0 Å². The number of aromatic nitrogens is 6. The van der Waals surface area contributed by atoms with Gasteiger partial charge in [-0.1, -0.05) is 11.6 Å². The van der Waals surface area contributed by atoms with Crippen molar-refractivity contribution in [1.82, 2.24) is 29.4 Å². The smallest absolute Gasteiger partial charge is 0.387 e. The van der Waals surface area contributed by atoms with Crippen molar-refractivity contribution < 1.29 is 23.0 Å². The van der Waals surface area contributed by atoms with Crippen molar-refractivity contribution in [3.8, 4) is 22.6 Å². The number of pyridine rings is 1. The number of esters is 1. The fourth-order valence-electron chi connectivity index (χ4n) is 3.54. The lowest BCUT2D eigenvalue weighted by atomic mass is 10.1. The minimum absolute atomic E-state index is 0.133. The summed E-state index contributed by atoms with van der Waals surface area (Å²) in [5.74, 6) is -0.632. The lowest BCUT2D eigenvalue weighted by molar-refractivity contribution is -0.142. The third-order valence-corrected chi connectivity index (χ3v) is 5.19. The van der Waals surface area contributed by atoms with Crippen LogP contribution in [0.2, 0.25) is 5.02 Å². The van der Waals surface area contributed by atoms with Gasteiger partial charge in [-0.05, 0) is 30.3 Å². The Morgan fingerprint density at radius 2 is 2.06 bits per heavy atom. The maximum Gasteiger partial charge on any atom is 0.387 e. The summed E-state index contributed by atoms with van der Waals surface area (Å²) in [6.45, 7) is -1.94. The first-order chi connectivity index (χ1) is 16.4. The van der Waals surface area contributed by atoms with Crippen LogP contribution in [0.5, 0.6) is 5.75 Å². The summed E-state index contributed by atoms with van der Waals surface area (Å²) < 4.78 is 38.9. The molecule has 1 aromatic carbocycles. The van der Waals surface area contributed by atoms with E-state index in [1.54, 1.807) is 41.4 Å². The SMILES string of the molecule is CC(=O)OCc1nn(-c2cc(Cl)ccc2OC(F)F)c2cc(-c3cnn4cccnc34)cnc12. The number of carbonyl (C=O) groups is 1. The quantitative estimate of drug-likeness (QED) is 0.328. The Labute approximate surface area is 195 Å². The van der Waals surface area contributed by atoms with Gasteiger partial charge in [0, 0.05) is 41.7 Å². The predicted octanol–water partition coefficient (Wildman–Crippen LogP) is 4.45. The van der Waals surface area contributed by atoms with E-state index in [2.05, 4.69) is 24.9 Å². The molecule has 9 nitrogen and oxygen atoms in total. The Kier molecular flexibility index (Phi) is 5.54. The molecule has 34 heavy (non-hydrogen) atoms. The number of halogens is 3. The van der Waals surface area contributed by atoms with Gasteiger partial charge in [0.05, 0.1) is 11.7 Å². The highest BCUT2D eigenvalue weighted by atomic mass is 35.5. The number of carbonyl (C=O) groups excluding carboxylic acids is 1. The van der Waals surface area contributed by atoms with Crippen LogP contribution >= 0.6 is 11.6 Å². The molecule has 4 heterocycles. The van der Waals surface area contributed by atoms with Gasteiger partial charge in [0.15, 0.2) is 11.4 Å². The van der Waals surface area contributed by atoms with Gasteiger partial charge in [-0.15, -0.1) is 0 Å². The number of ether oxygens (including phenoxy) is 2. The van der Waals surface area contributed by atoms with Crippen molar-refractivity contribution in [2.45, 2.75) is 20.1 Å². The largest absolute Gasteiger partial charge is 0.459 e. The summed E-state index contributed by atoms with van der Waals surface area (Å²) >= 11 is 6.15. The van der Waals surface area contributed by atoms with E-state index in [0.717, 1.165) is 0 Å². The third kappa shape index (κ3) is 4.01. The number of hydrogen-bond donors (Lipinski definition) is 0. The maximum atomic E-state index is 13.1. The molecule has 0 amide bonds. The first-order valence-electron chi connectivity index (χ1n) is 9.95. The molecular formula is C22H15ClF2N6O3. The van der Waals surface area contributed by atoms with Crippen LogP contribution in [0, 0.1) is 0 Å². The summed E-state index contributed by atoms with van der Waals surface area (Å²) in [7, 11) is 0. The fourth-order valence-corrected chi connectivity index (χ4v) is 3.71. The average Bonchev–Trinajstić information content (AvgIpc) is 3.40. The normalized spacial score (nSPS) is 11.4. The van der Waals surface area contributed by atoms with Gasteiger partial charge in [0.25, 0.3) is 0 Å². The van der Waals surface area contributed by atoms with Gasteiger partial charge in [-0.2, -0.15) is 19.0 Å². The minimum atomic E-state index is -3.05. The van der Waals surface area contributed by atoms with E-state index in [1.807, 2.05) is 0 Å². The standard InChI is InChI=1S/C22H15ClF2N6O3/c1-12(32)33-11-16-20-18(31(29-16)17-8-14(23)3-4-19(17)34-22(24)25)7-13(9-27-20)15-10-28-30-6-2-5-26-21(15)30/h2-10,22H,11H2,1H3. The molecule has 0 N–H and O–H groups in total. The molecule has 0 fully saturated rings. The molecule has 0 unspecified atom stereocenters. The van der Waals surface area contributed by atoms with Gasteiger partial charge in [-0.25, -0.2) is 14.2 Å². The highest BCUT2D eigenvalue weighted by molar-refractivity contribution is 6.30. The first-order valence-corrected chi connectivity index (χ1v) is 10.3. The van der Waals surface area contributed by atoms with Crippen LogP contribution in [0.4, 0.5) is 8.78 Å². The molecule has 172 valence electrons. The van der Waals surface area contributed by atoms with E-state index in [4.69, 9.17) is 16.3 Å². The lowest BCUT2D eigenvalue weighted by Gasteiger charge is -2.12. The number of hydrogen-bond acceptors (Lipinski definition) is 7. The van der Waals surface area contributed by atoms with Gasteiger partial charge >= 0.3 is 12.6 Å². The van der Waals surface area contributed by atoms with Gasteiger partial charge in [0.1, 0.15) is 23.5 Å². The monoisotopic (exact) mass is 484 g/mol. The summed E-state index contributed by atoms with van der Waals surface area (Å²) in [6, 6.07) is 7.74. The Morgan fingerprint density at radius 1 is 1.21 bits per heavy atom. The lowest BCUT2D eigenvalue weighted by Crippen LogP contribution is -2.07. The van der Waals surface area contributed by atoms with Crippen molar-refractivity contribution >= 4 is 34.3 Å². The topological polar surface area (TPSA) is 96.4 Å². The molecule has 0 saturated heterocycles. The van der Waals surface area contributed by atoms with E-state index in [9.17, 15) is 13.6 Å². The van der Waals surface area contributed by atoms with Crippen molar-refractivity contribution in [2.24, 2.45) is 0 Å².